The summed E-state index contributed by atoms with van der Waals surface area (Å²) in [5.41, 5.74) is 2.39. The van der Waals surface area contributed by atoms with Crippen LogP contribution in [0.3, 0.4) is 0 Å². The van der Waals surface area contributed by atoms with Crippen LogP contribution >= 0.6 is 34.8 Å². The van der Waals surface area contributed by atoms with Crippen molar-refractivity contribution in [3.8, 4) is 11.5 Å². The lowest BCUT2D eigenvalue weighted by Gasteiger charge is -2.14. The number of ether oxygens (including phenoxy) is 2. The van der Waals surface area contributed by atoms with Crippen molar-refractivity contribution in [3.05, 3.63) is 92.2 Å². The quantitative estimate of drug-likeness (QED) is 0.354. The van der Waals surface area contributed by atoms with Gasteiger partial charge in [0, 0.05) is 22.2 Å². The number of rotatable bonds is 9. The molecular weight excluding hydrogens is 448 g/mol. The van der Waals surface area contributed by atoms with Crippen molar-refractivity contribution in [2.24, 2.45) is 0 Å². The molecule has 3 aromatic carbocycles. The maximum absolute atomic E-state index is 13.9. The Bertz CT molecular complexity index is 993. The lowest BCUT2D eigenvalue weighted by atomic mass is 10.1. The average Bonchev–Trinajstić information content (AvgIpc) is 2.72. The van der Waals surface area contributed by atoms with Crippen molar-refractivity contribution < 1.29 is 13.9 Å². The average molecular weight is 469 g/mol. The van der Waals surface area contributed by atoms with Gasteiger partial charge in [-0.05, 0) is 60.5 Å². The van der Waals surface area contributed by atoms with Gasteiger partial charge in [0.2, 0.25) is 0 Å². The number of nitrogens with one attached hydrogen (secondary N) is 1. The van der Waals surface area contributed by atoms with Crippen LogP contribution in [0.1, 0.15) is 16.7 Å². The molecule has 3 nitrogen and oxygen atoms in total. The monoisotopic (exact) mass is 467 g/mol. The van der Waals surface area contributed by atoms with E-state index in [4.69, 9.17) is 44.3 Å². The number of benzene rings is 3. The largest absolute Gasteiger partial charge is 0.493 e. The first-order valence-corrected chi connectivity index (χ1v) is 10.5. The van der Waals surface area contributed by atoms with Crippen LogP contribution in [0, 0.1) is 5.82 Å². The molecule has 0 fully saturated rings. The highest BCUT2D eigenvalue weighted by molar-refractivity contribution is 6.35. The van der Waals surface area contributed by atoms with E-state index in [-0.39, 0.29) is 6.61 Å². The van der Waals surface area contributed by atoms with Crippen LogP contribution in [0.25, 0.3) is 0 Å². The first-order chi connectivity index (χ1) is 14.5. The van der Waals surface area contributed by atoms with Gasteiger partial charge in [-0.3, -0.25) is 0 Å². The van der Waals surface area contributed by atoms with Gasteiger partial charge in [-0.1, -0.05) is 53.0 Å². The molecule has 0 spiro atoms. The van der Waals surface area contributed by atoms with Gasteiger partial charge in [0.25, 0.3) is 0 Å². The summed E-state index contributed by atoms with van der Waals surface area (Å²) in [5, 5.41) is 5.01. The summed E-state index contributed by atoms with van der Waals surface area (Å²) < 4.78 is 25.1. The van der Waals surface area contributed by atoms with Gasteiger partial charge in [-0.2, -0.15) is 0 Å². The Balaban J connectivity index is 1.56. The van der Waals surface area contributed by atoms with Crippen molar-refractivity contribution in [2.45, 2.75) is 19.6 Å². The van der Waals surface area contributed by atoms with E-state index in [1.165, 1.54) is 6.07 Å². The SMILES string of the molecule is COc1cc(CNCCc2ccc(Cl)cc2Cl)ccc1OCc1c(F)cccc1Cl. The molecule has 3 rings (SSSR count). The molecule has 0 atom stereocenters. The molecule has 0 heterocycles. The lowest BCUT2D eigenvalue weighted by Crippen LogP contribution is -2.17. The minimum absolute atomic E-state index is 0.0152. The van der Waals surface area contributed by atoms with Crippen LogP contribution in [0.5, 0.6) is 11.5 Å². The molecular formula is C23H21Cl3FNO2. The van der Waals surface area contributed by atoms with Gasteiger partial charge in [-0.15, -0.1) is 0 Å². The van der Waals surface area contributed by atoms with E-state index in [0.29, 0.717) is 38.7 Å². The van der Waals surface area contributed by atoms with Gasteiger partial charge in [0.1, 0.15) is 12.4 Å². The molecule has 3 aromatic rings. The topological polar surface area (TPSA) is 30.5 Å². The highest BCUT2D eigenvalue weighted by Crippen LogP contribution is 2.30. The Morgan fingerprint density at radius 1 is 0.933 bits per heavy atom. The van der Waals surface area contributed by atoms with Gasteiger partial charge >= 0.3 is 0 Å². The molecule has 0 amide bonds. The Labute approximate surface area is 190 Å². The number of methoxy groups -OCH3 is 1. The molecule has 1 N–H and O–H groups in total. The summed E-state index contributed by atoms with van der Waals surface area (Å²) in [7, 11) is 1.57. The summed E-state index contributed by atoms with van der Waals surface area (Å²) in [4.78, 5) is 0. The predicted octanol–water partition coefficient (Wildman–Crippen LogP) is 6.71. The zero-order valence-corrected chi connectivity index (χ0v) is 18.6. The maximum Gasteiger partial charge on any atom is 0.161 e. The first kappa shape index (κ1) is 22.7. The minimum atomic E-state index is -0.400. The van der Waals surface area contributed by atoms with E-state index < -0.39 is 5.82 Å². The minimum Gasteiger partial charge on any atom is -0.493 e. The molecule has 7 heteroatoms. The first-order valence-electron chi connectivity index (χ1n) is 9.35. The fourth-order valence-corrected chi connectivity index (χ4v) is 3.66. The third-order valence-corrected chi connectivity index (χ3v) is 5.52. The van der Waals surface area contributed by atoms with Crippen LogP contribution in [-0.2, 0) is 19.6 Å². The van der Waals surface area contributed by atoms with Crippen molar-refractivity contribution >= 4 is 34.8 Å². The van der Waals surface area contributed by atoms with Crippen molar-refractivity contribution in [2.75, 3.05) is 13.7 Å². The standard InChI is InChI=1S/C23H21Cl3FNO2/c1-29-23-11-15(13-28-10-9-16-6-7-17(24)12-20(16)26)5-8-22(23)30-14-18-19(25)3-2-4-21(18)27/h2-8,11-12,28H,9-10,13-14H2,1H3. The van der Waals surface area contributed by atoms with E-state index in [0.717, 1.165) is 24.1 Å². The van der Waals surface area contributed by atoms with Gasteiger partial charge in [0.15, 0.2) is 11.5 Å². The Morgan fingerprint density at radius 3 is 2.50 bits per heavy atom. The van der Waals surface area contributed by atoms with Crippen molar-refractivity contribution in [1.29, 1.82) is 0 Å². The molecule has 0 aliphatic rings. The van der Waals surface area contributed by atoms with E-state index in [9.17, 15) is 4.39 Å². The molecule has 0 saturated carbocycles. The molecule has 0 bridgehead atoms. The molecule has 0 saturated heterocycles. The van der Waals surface area contributed by atoms with Gasteiger partial charge in [0.05, 0.1) is 12.1 Å². The van der Waals surface area contributed by atoms with Crippen molar-refractivity contribution in [3.63, 3.8) is 0 Å². The lowest BCUT2D eigenvalue weighted by molar-refractivity contribution is 0.279. The molecule has 158 valence electrons. The van der Waals surface area contributed by atoms with Crippen LogP contribution in [0.15, 0.2) is 54.6 Å². The van der Waals surface area contributed by atoms with Crippen LogP contribution in [0.4, 0.5) is 4.39 Å². The molecule has 0 unspecified atom stereocenters. The zero-order valence-electron chi connectivity index (χ0n) is 16.4. The second kappa shape index (κ2) is 10.9. The molecule has 0 radical (unpaired) electrons. The smallest absolute Gasteiger partial charge is 0.161 e. The van der Waals surface area contributed by atoms with Gasteiger partial charge < -0.3 is 14.8 Å². The summed E-state index contributed by atoms with van der Waals surface area (Å²) in [6.07, 6.45) is 0.789. The second-order valence-corrected chi connectivity index (χ2v) is 7.89. The Morgan fingerprint density at radius 2 is 1.77 bits per heavy atom. The third kappa shape index (κ3) is 6.02. The Kier molecular flexibility index (Phi) is 8.23. The van der Waals surface area contributed by atoms with Crippen LogP contribution < -0.4 is 14.8 Å². The maximum atomic E-state index is 13.9. The summed E-state index contributed by atoms with van der Waals surface area (Å²) in [6.45, 7) is 1.43. The zero-order chi connectivity index (χ0) is 21.5. The highest BCUT2D eigenvalue weighted by atomic mass is 35.5. The normalized spacial score (nSPS) is 10.8. The van der Waals surface area contributed by atoms with Crippen LogP contribution in [0.2, 0.25) is 15.1 Å². The summed E-state index contributed by atoms with van der Waals surface area (Å²) >= 11 is 18.2. The number of hydrogen-bond acceptors (Lipinski definition) is 3. The van der Waals surface area contributed by atoms with Gasteiger partial charge in [-0.25, -0.2) is 4.39 Å². The third-order valence-electron chi connectivity index (χ3n) is 4.58. The molecule has 0 aliphatic heterocycles. The molecule has 0 aliphatic carbocycles. The van der Waals surface area contributed by atoms with Crippen LogP contribution in [-0.4, -0.2) is 13.7 Å². The number of halogens is 4. The second-order valence-electron chi connectivity index (χ2n) is 6.64. The summed E-state index contributed by atoms with van der Waals surface area (Å²) in [6, 6.07) is 15.7. The summed E-state index contributed by atoms with van der Waals surface area (Å²) in [5.74, 6) is 0.694. The van der Waals surface area contributed by atoms with Crippen molar-refractivity contribution in [1.82, 2.24) is 5.32 Å². The van der Waals surface area contributed by atoms with E-state index in [1.807, 2.05) is 24.3 Å². The fourth-order valence-electron chi connectivity index (χ4n) is 2.94. The molecule has 0 aromatic heterocycles. The molecule has 30 heavy (non-hydrogen) atoms. The fraction of sp³-hybridized carbons (Fsp3) is 0.217. The van der Waals surface area contributed by atoms with E-state index in [2.05, 4.69) is 5.32 Å². The van der Waals surface area contributed by atoms with E-state index in [1.54, 1.807) is 31.4 Å². The predicted molar refractivity (Wildman–Crippen MR) is 121 cm³/mol. The van der Waals surface area contributed by atoms with E-state index >= 15 is 0 Å². The Hall–Kier alpha value is -1.98. The number of hydrogen-bond donors (Lipinski definition) is 1. The highest BCUT2D eigenvalue weighted by Gasteiger charge is 2.11.